The van der Waals surface area contributed by atoms with Gasteiger partial charge in [0.25, 0.3) is 0 Å². The van der Waals surface area contributed by atoms with E-state index >= 15 is 0 Å². The van der Waals surface area contributed by atoms with Gasteiger partial charge >= 0.3 is 5.97 Å². The van der Waals surface area contributed by atoms with Crippen LogP contribution in [0.4, 0.5) is 0 Å². The predicted molar refractivity (Wildman–Crippen MR) is 73.2 cm³/mol. The van der Waals surface area contributed by atoms with E-state index in [0.717, 1.165) is 4.88 Å². The summed E-state index contributed by atoms with van der Waals surface area (Å²) < 4.78 is 0. The Kier molecular flexibility index (Phi) is 4.08. The van der Waals surface area contributed by atoms with Gasteiger partial charge in [-0.05, 0) is 11.4 Å². The third kappa shape index (κ3) is 2.67. The maximum Gasteiger partial charge on any atom is 0.323 e. The number of likely N-dealkylation sites (tertiary alicyclic amines) is 1. The average Bonchev–Trinajstić information content (AvgIpc) is 2.97. The summed E-state index contributed by atoms with van der Waals surface area (Å²) in [5.41, 5.74) is 0. The fourth-order valence-electron chi connectivity index (χ4n) is 2.50. The van der Waals surface area contributed by atoms with Crippen molar-refractivity contribution in [1.29, 1.82) is 0 Å². The number of aliphatic carboxylic acids is 1. The van der Waals surface area contributed by atoms with Crippen LogP contribution in [0.1, 0.15) is 17.3 Å². The Bertz CT molecular complexity index is 528. The zero-order valence-corrected chi connectivity index (χ0v) is 12.1. The molecular weight excluding hydrogens is 280 g/mol. The minimum atomic E-state index is -1.06. The van der Waals surface area contributed by atoms with Gasteiger partial charge in [0.1, 0.15) is 6.54 Å². The second-order valence-electron chi connectivity index (χ2n) is 4.86. The number of amides is 2. The molecule has 0 unspecified atom stereocenters. The van der Waals surface area contributed by atoms with Crippen molar-refractivity contribution in [3.63, 3.8) is 0 Å². The molecule has 1 saturated heterocycles. The van der Waals surface area contributed by atoms with Gasteiger partial charge in [-0.25, -0.2) is 0 Å². The van der Waals surface area contributed by atoms with Gasteiger partial charge in [0.15, 0.2) is 0 Å². The monoisotopic (exact) mass is 296 g/mol. The minimum Gasteiger partial charge on any atom is -0.480 e. The average molecular weight is 296 g/mol. The summed E-state index contributed by atoms with van der Waals surface area (Å²) in [6, 6.07) is 3.47. The van der Waals surface area contributed by atoms with E-state index in [2.05, 4.69) is 0 Å². The number of carbonyl (C=O) groups excluding carboxylic acids is 2. The van der Waals surface area contributed by atoms with Crippen LogP contribution in [0.5, 0.6) is 0 Å². The highest BCUT2D eigenvalue weighted by Crippen LogP contribution is 2.39. The molecule has 2 atom stereocenters. The van der Waals surface area contributed by atoms with E-state index in [1.54, 1.807) is 11.9 Å². The quantitative estimate of drug-likeness (QED) is 0.892. The van der Waals surface area contributed by atoms with Crippen LogP contribution in [-0.2, 0) is 14.4 Å². The maximum absolute atomic E-state index is 12.4. The van der Waals surface area contributed by atoms with Gasteiger partial charge in [-0.2, -0.15) is 0 Å². The highest BCUT2D eigenvalue weighted by Gasteiger charge is 2.44. The van der Waals surface area contributed by atoms with E-state index in [4.69, 9.17) is 5.11 Å². The topological polar surface area (TPSA) is 77.9 Å². The smallest absolute Gasteiger partial charge is 0.323 e. The lowest BCUT2D eigenvalue weighted by Gasteiger charge is -2.26. The first-order valence-corrected chi connectivity index (χ1v) is 7.05. The van der Waals surface area contributed by atoms with E-state index < -0.39 is 11.9 Å². The third-order valence-electron chi connectivity index (χ3n) is 3.49. The van der Waals surface area contributed by atoms with E-state index in [1.165, 1.54) is 23.3 Å². The SMILES string of the molecule is CN(CC(=O)O)C(=O)[C@H]1CC(=O)N(C)[C@@H]1c1cccs1. The summed E-state index contributed by atoms with van der Waals surface area (Å²) in [7, 11) is 3.13. The van der Waals surface area contributed by atoms with Crippen molar-refractivity contribution in [3.8, 4) is 0 Å². The molecule has 1 aliphatic rings. The number of thiophene rings is 1. The van der Waals surface area contributed by atoms with Crippen molar-refractivity contribution in [2.75, 3.05) is 20.6 Å². The number of rotatable bonds is 4. The van der Waals surface area contributed by atoms with Crippen LogP contribution in [0.25, 0.3) is 0 Å². The fraction of sp³-hybridized carbons (Fsp3) is 0.462. The van der Waals surface area contributed by atoms with Crippen LogP contribution in [0.3, 0.4) is 0 Å². The normalized spacial score (nSPS) is 22.1. The molecule has 1 aliphatic heterocycles. The number of carboxylic acids is 1. The summed E-state index contributed by atoms with van der Waals surface area (Å²) in [4.78, 5) is 38.6. The minimum absolute atomic E-state index is 0.0922. The number of likely N-dealkylation sites (N-methyl/N-ethyl adjacent to an activating group) is 1. The number of carbonyl (C=O) groups is 3. The molecule has 7 heteroatoms. The second-order valence-corrected chi connectivity index (χ2v) is 5.84. The summed E-state index contributed by atoms with van der Waals surface area (Å²) in [6.07, 6.45) is 0.127. The van der Waals surface area contributed by atoms with Gasteiger partial charge in [0.2, 0.25) is 11.8 Å². The van der Waals surface area contributed by atoms with Crippen LogP contribution >= 0.6 is 11.3 Å². The first-order chi connectivity index (χ1) is 9.41. The molecule has 1 fully saturated rings. The Labute approximate surface area is 120 Å². The Morgan fingerprint density at radius 2 is 2.25 bits per heavy atom. The number of hydrogen-bond acceptors (Lipinski definition) is 4. The zero-order valence-electron chi connectivity index (χ0n) is 11.3. The fourth-order valence-corrected chi connectivity index (χ4v) is 3.44. The molecule has 1 aromatic heterocycles. The van der Waals surface area contributed by atoms with E-state index in [1.807, 2.05) is 17.5 Å². The van der Waals surface area contributed by atoms with E-state index in [-0.39, 0.29) is 30.8 Å². The van der Waals surface area contributed by atoms with Gasteiger partial charge in [-0.3, -0.25) is 14.4 Å². The number of nitrogens with zero attached hydrogens (tertiary/aromatic N) is 2. The Morgan fingerprint density at radius 3 is 2.80 bits per heavy atom. The Balaban J connectivity index is 2.23. The lowest BCUT2D eigenvalue weighted by atomic mass is 9.97. The van der Waals surface area contributed by atoms with Gasteiger partial charge in [0.05, 0.1) is 12.0 Å². The Morgan fingerprint density at radius 1 is 1.55 bits per heavy atom. The second kappa shape index (κ2) is 5.62. The van der Waals surface area contributed by atoms with Crippen molar-refractivity contribution in [3.05, 3.63) is 22.4 Å². The van der Waals surface area contributed by atoms with Crippen molar-refractivity contribution >= 4 is 29.1 Å². The molecule has 0 radical (unpaired) electrons. The molecule has 0 aliphatic carbocycles. The summed E-state index contributed by atoms with van der Waals surface area (Å²) >= 11 is 1.49. The molecule has 0 bridgehead atoms. The molecule has 1 aromatic rings. The highest BCUT2D eigenvalue weighted by molar-refractivity contribution is 7.10. The van der Waals surface area contributed by atoms with Gasteiger partial charge in [-0.1, -0.05) is 6.07 Å². The number of hydrogen-bond donors (Lipinski definition) is 1. The summed E-state index contributed by atoms with van der Waals surface area (Å²) in [5.74, 6) is -1.98. The van der Waals surface area contributed by atoms with Crippen molar-refractivity contribution < 1.29 is 19.5 Å². The van der Waals surface area contributed by atoms with Crippen LogP contribution in [0, 0.1) is 5.92 Å². The largest absolute Gasteiger partial charge is 0.480 e. The molecule has 2 rings (SSSR count). The van der Waals surface area contributed by atoms with E-state index in [0.29, 0.717) is 0 Å². The molecule has 108 valence electrons. The molecular formula is C13H16N2O4S. The van der Waals surface area contributed by atoms with Crippen LogP contribution in [0.15, 0.2) is 17.5 Å². The standard InChI is InChI=1S/C13H16N2O4S/c1-14(7-11(17)18)13(19)8-6-10(16)15(2)12(8)9-4-3-5-20-9/h3-5,8,12H,6-7H2,1-2H3,(H,17,18)/t8-,12-/m0/s1. The molecule has 0 spiro atoms. The van der Waals surface area contributed by atoms with Crippen molar-refractivity contribution in [2.45, 2.75) is 12.5 Å². The molecule has 2 heterocycles. The molecule has 2 amide bonds. The first-order valence-electron chi connectivity index (χ1n) is 6.17. The predicted octanol–water partition coefficient (Wildman–Crippen LogP) is 0.810. The van der Waals surface area contributed by atoms with E-state index in [9.17, 15) is 14.4 Å². The van der Waals surface area contributed by atoms with Gasteiger partial charge in [-0.15, -0.1) is 11.3 Å². The third-order valence-corrected chi connectivity index (χ3v) is 4.43. The first kappa shape index (κ1) is 14.5. The van der Waals surface area contributed by atoms with Gasteiger partial charge < -0.3 is 14.9 Å². The molecule has 1 N–H and O–H groups in total. The lowest BCUT2D eigenvalue weighted by molar-refractivity contribution is -0.145. The Hall–Kier alpha value is -1.89. The summed E-state index contributed by atoms with van der Waals surface area (Å²) in [6.45, 7) is -0.357. The molecule has 0 saturated carbocycles. The number of carboxylic acid groups (broad SMARTS) is 1. The van der Waals surface area contributed by atoms with Crippen molar-refractivity contribution in [2.24, 2.45) is 5.92 Å². The van der Waals surface area contributed by atoms with Crippen LogP contribution < -0.4 is 0 Å². The molecule has 6 nitrogen and oxygen atoms in total. The highest BCUT2D eigenvalue weighted by atomic mass is 32.1. The lowest BCUT2D eigenvalue weighted by Crippen LogP contribution is -2.38. The molecule has 20 heavy (non-hydrogen) atoms. The van der Waals surface area contributed by atoms with Gasteiger partial charge in [0, 0.05) is 25.4 Å². The van der Waals surface area contributed by atoms with Crippen LogP contribution in [0.2, 0.25) is 0 Å². The van der Waals surface area contributed by atoms with Crippen LogP contribution in [-0.4, -0.2) is 53.3 Å². The molecule has 0 aromatic carbocycles. The van der Waals surface area contributed by atoms with Crippen molar-refractivity contribution in [1.82, 2.24) is 9.80 Å². The summed E-state index contributed by atoms with van der Waals surface area (Å²) in [5, 5.41) is 10.7. The maximum atomic E-state index is 12.4. The zero-order chi connectivity index (χ0) is 14.9.